The Hall–Kier alpha value is -1.56. The van der Waals surface area contributed by atoms with E-state index in [0.717, 1.165) is 0 Å². The number of H-pyrrole nitrogens is 1. The number of nitrogens with one attached hydrogen (secondary N) is 2. The van der Waals surface area contributed by atoms with E-state index in [4.69, 9.17) is 4.74 Å². The van der Waals surface area contributed by atoms with Gasteiger partial charge >= 0.3 is 6.09 Å². The van der Waals surface area contributed by atoms with E-state index in [-0.39, 0.29) is 6.79 Å². The molecule has 2 N–H and O–H groups in total. The van der Waals surface area contributed by atoms with Crippen LogP contribution in [0.2, 0.25) is 0 Å². The van der Waals surface area contributed by atoms with E-state index >= 15 is 0 Å². The molecule has 0 aromatic carbocycles. The van der Waals surface area contributed by atoms with Crippen LogP contribution in [-0.2, 0) is 9.47 Å². The topological polar surface area (TPSA) is 76.2 Å². The number of ether oxygens (including phenoxy) is 2. The fourth-order valence-corrected chi connectivity index (χ4v) is 0.649. The van der Waals surface area contributed by atoms with Crippen molar-refractivity contribution in [1.82, 2.24) is 9.97 Å². The SMILES string of the molecule is CCOCOC(=O)Nc1cnc[nH]1. The van der Waals surface area contributed by atoms with Gasteiger partial charge in [0.05, 0.1) is 12.5 Å². The van der Waals surface area contributed by atoms with Crippen molar-refractivity contribution in [2.75, 3.05) is 18.7 Å². The molecule has 6 heteroatoms. The van der Waals surface area contributed by atoms with Gasteiger partial charge in [-0.15, -0.1) is 0 Å². The Balaban J connectivity index is 2.18. The summed E-state index contributed by atoms with van der Waals surface area (Å²) in [5.41, 5.74) is 0. The Morgan fingerprint density at radius 3 is 3.23 bits per heavy atom. The highest BCUT2D eigenvalue weighted by atomic mass is 16.7. The molecule has 1 heterocycles. The molecule has 0 aliphatic carbocycles. The minimum atomic E-state index is -0.572. The molecule has 0 unspecified atom stereocenters. The first-order valence-electron chi connectivity index (χ1n) is 3.83. The first-order valence-corrected chi connectivity index (χ1v) is 3.83. The maximum atomic E-state index is 10.9. The summed E-state index contributed by atoms with van der Waals surface area (Å²) in [5.74, 6) is 0.487. The van der Waals surface area contributed by atoms with Crippen molar-refractivity contribution in [3.05, 3.63) is 12.5 Å². The number of carbonyl (C=O) groups is 1. The lowest BCUT2D eigenvalue weighted by Crippen LogP contribution is -2.15. The average molecular weight is 185 g/mol. The van der Waals surface area contributed by atoms with Crippen LogP contribution in [0, 0.1) is 0 Å². The van der Waals surface area contributed by atoms with E-state index in [9.17, 15) is 4.79 Å². The lowest BCUT2D eigenvalue weighted by atomic mass is 10.7. The molecule has 0 radical (unpaired) electrons. The van der Waals surface area contributed by atoms with Crippen LogP contribution < -0.4 is 5.32 Å². The van der Waals surface area contributed by atoms with Crippen molar-refractivity contribution in [3.8, 4) is 0 Å². The summed E-state index contributed by atoms with van der Waals surface area (Å²) < 4.78 is 9.45. The van der Waals surface area contributed by atoms with Gasteiger partial charge in [-0.25, -0.2) is 9.78 Å². The number of hydrogen-bond acceptors (Lipinski definition) is 4. The Labute approximate surface area is 75.3 Å². The lowest BCUT2D eigenvalue weighted by molar-refractivity contribution is -0.00440. The summed E-state index contributed by atoms with van der Waals surface area (Å²) in [5, 5.41) is 2.42. The molecule has 0 saturated heterocycles. The lowest BCUT2D eigenvalue weighted by Gasteiger charge is -2.03. The maximum absolute atomic E-state index is 10.9. The van der Waals surface area contributed by atoms with Crippen molar-refractivity contribution in [2.45, 2.75) is 6.92 Å². The van der Waals surface area contributed by atoms with Crippen molar-refractivity contribution in [3.63, 3.8) is 0 Å². The van der Waals surface area contributed by atoms with E-state index in [1.165, 1.54) is 12.5 Å². The van der Waals surface area contributed by atoms with Crippen LogP contribution >= 0.6 is 0 Å². The number of anilines is 1. The van der Waals surface area contributed by atoms with Crippen LogP contribution in [0.3, 0.4) is 0 Å². The highest BCUT2D eigenvalue weighted by Crippen LogP contribution is 1.98. The van der Waals surface area contributed by atoms with E-state index in [2.05, 4.69) is 20.0 Å². The zero-order chi connectivity index (χ0) is 9.52. The van der Waals surface area contributed by atoms with E-state index in [1.54, 1.807) is 0 Å². The van der Waals surface area contributed by atoms with Gasteiger partial charge in [0, 0.05) is 6.61 Å². The fourth-order valence-electron chi connectivity index (χ4n) is 0.649. The van der Waals surface area contributed by atoms with Crippen LogP contribution in [-0.4, -0.2) is 29.5 Å². The first kappa shape index (κ1) is 9.53. The van der Waals surface area contributed by atoms with E-state index < -0.39 is 6.09 Å². The van der Waals surface area contributed by atoms with Gasteiger partial charge < -0.3 is 14.5 Å². The van der Waals surface area contributed by atoms with Gasteiger partial charge in [0.1, 0.15) is 5.82 Å². The van der Waals surface area contributed by atoms with Crippen molar-refractivity contribution in [1.29, 1.82) is 0 Å². The van der Waals surface area contributed by atoms with E-state index in [0.29, 0.717) is 12.4 Å². The number of imidazole rings is 1. The number of aromatic amines is 1. The third-order valence-corrected chi connectivity index (χ3v) is 1.21. The molecule has 72 valence electrons. The summed E-state index contributed by atoms with van der Waals surface area (Å²) >= 11 is 0. The van der Waals surface area contributed by atoms with Crippen molar-refractivity contribution in [2.24, 2.45) is 0 Å². The van der Waals surface area contributed by atoms with Gasteiger partial charge in [0.2, 0.25) is 0 Å². The number of aromatic nitrogens is 2. The summed E-state index contributed by atoms with van der Waals surface area (Å²) in [6.07, 6.45) is 2.36. The number of carbonyl (C=O) groups excluding carboxylic acids is 1. The Morgan fingerprint density at radius 1 is 1.77 bits per heavy atom. The molecule has 0 fully saturated rings. The highest BCUT2D eigenvalue weighted by molar-refractivity contribution is 5.82. The Kier molecular flexibility index (Phi) is 3.77. The third-order valence-electron chi connectivity index (χ3n) is 1.21. The standard InChI is InChI=1S/C7H11N3O3/c1-2-12-5-13-7(11)10-6-3-8-4-9-6/h3-4H,2,5H2,1H3,(H,8,9)(H,10,11). The second-order valence-electron chi connectivity index (χ2n) is 2.13. The summed E-state index contributed by atoms with van der Waals surface area (Å²) in [7, 11) is 0. The summed E-state index contributed by atoms with van der Waals surface area (Å²) in [6.45, 7) is 2.28. The third kappa shape index (κ3) is 3.57. The quantitative estimate of drug-likeness (QED) is 0.541. The molecule has 0 bridgehead atoms. The number of hydrogen-bond donors (Lipinski definition) is 2. The predicted molar refractivity (Wildman–Crippen MR) is 45.2 cm³/mol. The van der Waals surface area contributed by atoms with Crippen molar-refractivity contribution < 1.29 is 14.3 Å². The molecule has 1 amide bonds. The van der Waals surface area contributed by atoms with Crippen molar-refractivity contribution >= 4 is 11.9 Å². The fraction of sp³-hybridized carbons (Fsp3) is 0.429. The summed E-state index contributed by atoms with van der Waals surface area (Å²) in [4.78, 5) is 17.3. The number of nitrogens with zero attached hydrogens (tertiary/aromatic N) is 1. The predicted octanol–water partition coefficient (Wildman–Crippen LogP) is 0.952. The molecular formula is C7H11N3O3. The normalized spacial score (nSPS) is 9.62. The monoisotopic (exact) mass is 185 g/mol. The first-order chi connectivity index (χ1) is 6.33. The second kappa shape index (κ2) is 5.15. The zero-order valence-corrected chi connectivity index (χ0v) is 7.24. The van der Waals surface area contributed by atoms with Crippen LogP contribution in [0.15, 0.2) is 12.5 Å². The number of amides is 1. The maximum Gasteiger partial charge on any atom is 0.414 e. The van der Waals surface area contributed by atoms with Gasteiger partial charge in [-0.05, 0) is 6.92 Å². The minimum Gasteiger partial charge on any atom is -0.422 e. The van der Waals surface area contributed by atoms with E-state index in [1.807, 2.05) is 6.92 Å². The van der Waals surface area contributed by atoms with Gasteiger partial charge in [0.15, 0.2) is 6.79 Å². The van der Waals surface area contributed by atoms with Crippen LogP contribution in [0.4, 0.5) is 10.6 Å². The minimum absolute atomic E-state index is 0.0452. The van der Waals surface area contributed by atoms with Crippen LogP contribution in [0.5, 0.6) is 0 Å². The van der Waals surface area contributed by atoms with Gasteiger partial charge in [0.25, 0.3) is 0 Å². The number of rotatable bonds is 4. The smallest absolute Gasteiger partial charge is 0.414 e. The molecule has 1 rings (SSSR count). The molecule has 6 nitrogen and oxygen atoms in total. The van der Waals surface area contributed by atoms with Crippen LogP contribution in [0.1, 0.15) is 6.92 Å². The highest BCUT2D eigenvalue weighted by Gasteiger charge is 2.02. The largest absolute Gasteiger partial charge is 0.422 e. The molecule has 0 spiro atoms. The Morgan fingerprint density at radius 2 is 2.62 bits per heavy atom. The molecular weight excluding hydrogens is 174 g/mol. The second-order valence-corrected chi connectivity index (χ2v) is 2.13. The van der Waals surface area contributed by atoms with Gasteiger partial charge in [-0.3, -0.25) is 5.32 Å². The molecule has 13 heavy (non-hydrogen) atoms. The average Bonchev–Trinajstić information content (AvgIpc) is 2.57. The van der Waals surface area contributed by atoms with Crippen LogP contribution in [0.25, 0.3) is 0 Å². The Bertz CT molecular complexity index is 247. The van der Waals surface area contributed by atoms with Gasteiger partial charge in [-0.1, -0.05) is 0 Å². The molecule has 1 aromatic heterocycles. The zero-order valence-electron chi connectivity index (χ0n) is 7.24. The van der Waals surface area contributed by atoms with Gasteiger partial charge in [-0.2, -0.15) is 0 Å². The molecule has 0 aliphatic heterocycles. The molecule has 0 atom stereocenters. The molecule has 1 aromatic rings. The summed E-state index contributed by atoms with van der Waals surface area (Å²) in [6, 6.07) is 0. The molecule has 0 saturated carbocycles. The molecule has 0 aliphatic rings.